The van der Waals surface area contributed by atoms with Crippen LogP contribution in [0.15, 0.2) is 28.8 Å². The highest BCUT2D eigenvalue weighted by molar-refractivity contribution is 5.90. The van der Waals surface area contributed by atoms with Crippen LogP contribution in [-0.4, -0.2) is 15.7 Å². The molecule has 0 aliphatic heterocycles. The first-order valence-electron chi connectivity index (χ1n) is 4.06. The van der Waals surface area contributed by atoms with Gasteiger partial charge in [0.15, 0.2) is 11.5 Å². The fourth-order valence-electron chi connectivity index (χ4n) is 1.22. The molecule has 2 aromatic rings. The summed E-state index contributed by atoms with van der Waals surface area (Å²) >= 11 is 0. The number of primary amides is 1. The van der Waals surface area contributed by atoms with Crippen LogP contribution in [0.4, 0.5) is 0 Å². The molecule has 0 aliphatic rings. The molecule has 1 amide bonds. The molecule has 0 saturated heterocycles. The fraction of sp³-hybridized carbons (Fsp3) is 0.111. The Morgan fingerprint density at radius 1 is 1.50 bits per heavy atom. The second-order valence-corrected chi connectivity index (χ2v) is 2.87. The summed E-state index contributed by atoms with van der Waals surface area (Å²) in [5.41, 5.74) is 5.87. The van der Waals surface area contributed by atoms with Crippen molar-refractivity contribution in [3.8, 4) is 11.5 Å². The third-order valence-electron chi connectivity index (χ3n) is 1.92. The van der Waals surface area contributed by atoms with Crippen molar-refractivity contribution in [1.29, 1.82) is 0 Å². The van der Waals surface area contributed by atoms with Gasteiger partial charge in [-0.15, -0.1) is 0 Å². The van der Waals surface area contributed by atoms with Gasteiger partial charge in [-0.1, -0.05) is 0 Å². The van der Waals surface area contributed by atoms with Gasteiger partial charge in [0.2, 0.25) is 0 Å². The van der Waals surface area contributed by atoms with Crippen LogP contribution < -0.4 is 5.73 Å². The Kier molecular flexibility index (Phi) is 1.85. The van der Waals surface area contributed by atoms with Crippen LogP contribution in [0.25, 0.3) is 11.5 Å². The Hall–Kier alpha value is -2.04. The zero-order chi connectivity index (χ0) is 10.1. The summed E-state index contributed by atoms with van der Waals surface area (Å²) in [6.45, 7) is 0. The number of nitrogens with two attached hydrogens (primary N) is 1. The number of nitrogens with zero attached hydrogens (tertiary/aromatic N) is 2. The lowest BCUT2D eigenvalue weighted by molar-refractivity contribution is 0.0974. The van der Waals surface area contributed by atoms with E-state index in [9.17, 15) is 4.79 Å². The Morgan fingerprint density at radius 3 is 2.79 bits per heavy atom. The number of amides is 1. The van der Waals surface area contributed by atoms with Crippen molar-refractivity contribution in [2.45, 2.75) is 0 Å². The van der Waals surface area contributed by atoms with E-state index in [2.05, 4.69) is 5.10 Å². The number of furan rings is 1. The number of carbonyl (C=O) groups excluding carboxylic acids is 1. The molecule has 0 spiro atoms. The molecule has 5 heteroatoms. The third-order valence-corrected chi connectivity index (χ3v) is 1.92. The lowest BCUT2D eigenvalue weighted by Crippen LogP contribution is -2.09. The van der Waals surface area contributed by atoms with Gasteiger partial charge in [-0.05, 0) is 18.2 Å². The van der Waals surface area contributed by atoms with Crippen LogP contribution in [0.3, 0.4) is 0 Å². The topological polar surface area (TPSA) is 74.1 Å². The van der Waals surface area contributed by atoms with Crippen molar-refractivity contribution in [2.75, 3.05) is 0 Å². The molecule has 2 heterocycles. The maximum Gasteiger partial charge on any atom is 0.284 e. The molecule has 0 aliphatic carbocycles. The van der Waals surface area contributed by atoms with Crippen molar-refractivity contribution in [1.82, 2.24) is 9.78 Å². The van der Waals surface area contributed by atoms with Crippen molar-refractivity contribution in [3.05, 3.63) is 30.2 Å². The van der Waals surface area contributed by atoms with E-state index in [0.717, 1.165) is 5.69 Å². The second-order valence-electron chi connectivity index (χ2n) is 2.87. The Balaban J connectivity index is 2.43. The summed E-state index contributed by atoms with van der Waals surface area (Å²) in [5, 5.41) is 3.99. The third kappa shape index (κ3) is 1.28. The lowest BCUT2D eigenvalue weighted by atomic mass is 10.3. The van der Waals surface area contributed by atoms with Crippen LogP contribution in [0, 0.1) is 0 Å². The Morgan fingerprint density at radius 2 is 2.29 bits per heavy atom. The molecule has 0 radical (unpaired) electrons. The summed E-state index contributed by atoms with van der Waals surface area (Å²) in [5.74, 6) is 0.165. The van der Waals surface area contributed by atoms with Gasteiger partial charge in [0.05, 0.1) is 0 Å². The van der Waals surface area contributed by atoms with E-state index in [1.54, 1.807) is 36.1 Å². The number of aromatic nitrogens is 2. The minimum absolute atomic E-state index is 0.154. The van der Waals surface area contributed by atoms with Gasteiger partial charge in [-0.3, -0.25) is 9.48 Å². The van der Waals surface area contributed by atoms with E-state index in [-0.39, 0.29) is 5.76 Å². The number of hydrogen-bond acceptors (Lipinski definition) is 3. The molecule has 2 N–H and O–H groups in total. The van der Waals surface area contributed by atoms with Crippen molar-refractivity contribution in [3.63, 3.8) is 0 Å². The quantitative estimate of drug-likeness (QED) is 0.762. The SMILES string of the molecule is Cn1nccc1-c1ccc(C(N)=O)o1. The average molecular weight is 191 g/mol. The van der Waals surface area contributed by atoms with Crippen molar-refractivity contribution < 1.29 is 9.21 Å². The van der Waals surface area contributed by atoms with Crippen LogP contribution in [0.1, 0.15) is 10.6 Å². The van der Waals surface area contributed by atoms with E-state index in [0.29, 0.717) is 5.76 Å². The largest absolute Gasteiger partial charge is 0.449 e. The molecule has 0 fully saturated rings. The van der Waals surface area contributed by atoms with E-state index in [1.165, 1.54) is 0 Å². The maximum absolute atomic E-state index is 10.8. The molecule has 0 aromatic carbocycles. The number of carbonyl (C=O) groups is 1. The zero-order valence-electron chi connectivity index (χ0n) is 7.60. The summed E-state index contributed by atoms with van der Waals surface area (Å²) < 4.78 is 6.89. The Labute approximate surface area is 80.1 Å². The van der Waals surface area contributed by atoms with Crippen LogP contribution >= 0.6 is 0 Å². The molecule has 0 unspecified atom stereocenters. The van der Waals surface area contributed by atoms with Crippen molar-refractivity contribution >= 4 is 5.91 Å². The molecule has 0 bridgehead atoms. The predicted molar refractivity (Wildman–Crippen MR) is 49.4 cm³/mol. The van der Waals surface area contributed by atoms with Gasteiger partial charge in [-0.2, -0.15) is 5.10 Å². The summed E-state index contributed by atoms with van der Waals surface area (Å²) in [7, 11) is 1.79. The highest BCUT2D eigenvalue weighted by Gasteiger charge is 2.10. The predicted octanol–water partition coefficient (Wildman–Crippen LogP) is 0.779. The van der Waals surface area contributed by atoms with E-state index >= 15 is 0 Å². The van der Waals surface area contributed by atoms with E-state index < -0.39 is 5.91 Å². The van der Waals surface area contributed by atoms with Crippen LogP contribution in [0.2, 0.25) is 0 Å². The minimum Gasteiger partial charge on any atom is -0.449 e. The van der Waals surface area contributed by atoms with E-state index in [4.69, 9.17) is 10.2 Å². The summed E-state index contributed by atoms with van der Waals surface area (Å²) in [4.78, 5) is 10.8. The molecular formula is C9H9N3O2. The highest BCUT2D eigenvalue weighted by Crippen LogP contribution is 2.20. The van der Waals surface area contributed by atoms with Gasteiger partial charge in [0, 0.05) is 13.2 Å². The zero-order valence-corrected chi connectivity index (χ0v) is 7.60. The van der Waals surface area contributed by atoms with Gasteiger partial charge in [0.1, 0.15) is 5.69 Å². The maximum atomic E-state index is 10.8. The van der Waals surface area contributed by atoms with E-state index in [1.807, 2.05) is 0 Å². The van der Waals surface area contributed by atoms with Gasteiger partial charge in [0.25, 0.3) is 5.91 Å². The van der Waals surface area contributed by atoms with Crippen LogP contribution in [0.5, 0.6) is 0 Å². The minimum atomic E-state index is -0.571. The summed E-state index contributed by atoms with van der Waals surface area (Å²) in [6.07, 6.45) is 1.65. The molecule has 14 heavy (non-hydrogen) atoms. The normalized spacial score (nSPS) is 10.4. The fourth-order valence-corrected chi connectivity index (χ4v) is 1.22. The second kappa shape index (κ2) is 3.02. The first-order chi connectivity index (χ1) is 6.68. The molecule has 0 atom stereocenters. The first-order valence-corrected chi connectivity index (χ1v) is 4.06. The lowest BCUT2D eigenvalue weighted by Gasteiger charge is -1.96. The summed E-state index contributed by atoms with van der Waals surface area (Å²) in [6, 6.07) is 5.03. The average Bonchev–Trinajstić information content (AvgIpc) is 2.71. The van der Waals surface area contributed by atoms with Gasteiger partial charge >= 0.3 is 0 Å². The standard InChI is InChI=1S/C9H9N3O2/c1-12-6(4-5-11-12)7-2-3-8(14-7)9(10)13/h2-5H,1H3,(H2,10,13). The van der Waals surface area contributed by atoms with Gasteiger partial charge in [-0.25, -0.2) is 0 Å². The number of aryl methyl sites for hydroxylation is 1. The number of rotatable bonds is 2. The Bertz CT molecular complexity index is 470. The highest BCUT2D eigenvalue weighted by atomic mass is 16.4. The first kappa shape index (κ1) is 8.55. The van der Waals surface area contributed by atoms with Crippen LogP contribution in [-0.2, 0) is 7.05 Å². The smallest absolute Gasteiger partial charge is 0.284 e. The molecular weight excluding hydrogens is 182 g/mol. The molecule has 0 saturated carbocycles. The molecule has 2 rings (SSSR count). The molecule has 72 valence electrons. The number of hydrogen-bond donors (Lipinski definition) is 1. The molecule has 2 aromatic heterocycles. The van der Waals surface area contributed by atoms with Crippen molar-refractivity contribution in [2.24, 2.45) is 12.8 Å². The monoisotopic (exact) mass is 191 g/mol. The van der Waals surface area contributed by atoms with Gasteiger partial charge < -0.3 is 10.2 Å². The molecule has 5 nitrogen and oxygen atoms in total.